The Morgan fingerprint density at radius 1 is 1.00 bits per heavy atom. The molecule has 0 aromatic heterocycles. The molecule has 0 saturated heterocycles. The van der Waals surface area contributed by atoms with Crippen LogP contribution >= 0.6 is 24.0 Å². The summed E-state index contributed by atoms with van der Waals surface area (Å²) >= 11 is 0. The van der Waals surface area contributed by atoms with E-state index < -0.39 is 10.0 Å². The molecular formula is C22H33IN4O2S. The van der Waals surface area contributed by atoms with Crippen LogP contribution in [0.2, 0.25) is 0 Å². The Kier molecular flexibility index (Phi) is 11.4. The lowest BCUT2D eigenvalue weighted by Crippen LogP contribution is -2.36. The average molecular weight is 545 g/mol. The van der Waals surface area contributed by atoms with Gasteiger partial charge < -0.3 is 10.6 Å². The predicted molar refractivity (Wildman–Crippen MR) is 136 cm³/mol. The second kappa shape index (κ2) is 12.9. The molecule has 0 saturated carbocycles. The summed E-state index contributed by atoms with van der Waals surface area (Å²) in [6, 6.07) is 15.8. The number of aryl methyl sites for hydroxylation is 1. The maximum absolute atomic E-state index is 12.0. The molecule has 0 aliphatic carbocycles. The molecule has 0 spiro atoms. The van der Waals surface area contributed by atoms with Gasteiger partial charge in [-0.1, -0.05) is 54.1 Å². The zero-order chi connectivity index (χ0) is 21.3. The smallest absolute Gasteiger partial charge is 0.216 e. The van der Waals surface area contributed by atoms with Crippen molar-refractivity contribution >= 4 is 40.0 Å². The van der Waals surface area contributed by atoms with E-state index in [2.05, 4.69) is 45.5 Å². The summed E-state index contributed by atoms with van der Waals surface area (Å²) < 4.78 is 26.7. The van der Waals surface area contributed by atoms with Gasteiger partial charge in [0.1, 0.15) is 0 Å². The van der Waals surface area contributed by atoms with E-state index in [9.17, 15) is 8.42 Å². The second-order valence-corrected chi connectivity index (χ2v) is 9.14. The van der Waals surface area contributed by atoms with Crippen LogP contribution in [-0.4, -0.2) is 27.0 Å². The SMILES string of the molecule is CCNC(=NCc1cccc(C)c1)NCc1ccc(CS(=O)(=O)NC(C)C)cc1.I. The number of nitrogens with zero attached hydrogens (tertiary/aromatic N) is 1. The summed E-state index contributed by atoms with van der Waals surface area (Å²) in [6.07, 6.45) is 0. The van der Waals surface area contributed by atoms with Gasteiger partial charge >= 0.3 is 0 Å². The lowest BCUT2D eigenvalue weighted by Gasteiger charge is -2.12. The molecule has 166 valence electrons. The van der Waals surface area contributed by atoms with Crippen LogP contribution in [0.1, 0.15) is 43.0 Å². The quantitative estimate of drug-likeness (QED) is 0.256. The van der Waals surface area contributed by atoms with Gasteiger partial charge in [-0.15, -0.1) is 24.0 Å². The number of aliphatic imine (C=N–C) groups is 1. The minimum Gasteiger partial charge on any atom is -0.357 e. The van der Waals surface area contributed by atoms with Crippen molar-refractivity contribution in [3.63, 3.8) is 0 Å². The standard InChI is InChI=1S/C22H32N4O2S.HI/c1-5-23-22(25-15-21-8-6-7-18(4)13-21)24-14-19-9-11-20(12-10-19)16-29(27,28)26-17(2)3;/h6-13,17,26H,5,14-16H2,1-4H3,(H2,23,24,25);1H. The highest BCUT2D eigenvalue weighted by molar-refractivity contribution is 14.0. The highest BCUT2D eigenvalue weighted by Crippen LogP contribution is 2.09. The molecule has 6 nitrogen and oxygen atoms in total. The Morgan fingerprint density at radius 2 is 1.67 bits per heavy atom. The van der Waals surface area contributed by atoms with E-state index in [1.807, 2.05) is 51.1 Å². The topological polar surface area (TPSA) is 82.6 Å². The molecule has 2 aromatic rings. The zero-order valence-corrected chi connectivity index (χ0v) is 21.3. The van der Waals surface area contributed by atoms with Gasteiger partial charge in [-0.2, -0.15) is 0 Å². The van der Waals surface area contributed by atoms with Crippen molar-refractivity contribution in [1.29, 1.82) is 0 Å². The molecule has 8 heteroatoms. The van der Waals surface area contributed by atoms with E-state index in [4.69, 9.17) is 0 Å². The Labute approximate surface area is 198 Å². The number of benzene rings is 2. The fourth-order valence-electron chi connectivity index (χ4n) is 2.88. The lowest BCUT2D eigenvalue weighted by atomic mass is 10.1. The molecule has 0 radical (unpaired) electrons. The van der Waals surface area contributed by atoms with Gasteiger partial charge in [0.05, 0.1) is 12.3 Å². The number of hydrogen-bond donors (Lipinski definition) is 3. The third-order valence-corrected chi connectivity index (χ3v) is 5.65. The summed E-state index contributed by atoms with van der Waals surface area (Å²) in [5.41, 5.74) is 4.22. The summed E-state index contributed by atoms with van der Waals surface area (Å²) in [6.45, 7) is 9.73. The fourth-order valence-corrected chi connectivity index (χ4v) is 4.31. The van der Waals surface area contributed by atoms with Gasteiger partial charge in [-0.3, -0.25) is 0 Å². The Morgan fingerprint density at radius 3 is 2.27 bits per heavy atom. The number of sulfonamides is 1. The minimum atomic E-state index is -3.31. The van der Waals surface area contributed by atoms with Gasteiger partial charge in [-0.25, -0.2) is 18.1 Å². The van der Waals surface area contributed by atoms with Crippen LogP contribution in [0, 0.1) is 6.92 Å². The summed E-state index contributed by atoms with van der Waals surface area (Å²) in [4.78, 5) is 4.64. The third kappa shape index (κ3) is 9.90. The first kappa shape index (κ1) is 26.4. The maximum Gasteiger partial charge on any atom is 0.216 e. The van der Waals surface area contributed by atoms with Gasteiger partial charge in [0, 0.05) is 19.1 Å². The summed E-state index contributed by atoms with van der Waals surface area (Å²) in [7, 11) is -3.31. The van der Waals surface area contributed by atoms with Crippen LogP contribution in [-0.2, 0) is 28.9 Å². The van der Waals surface area contributed by atoms with Gasteiger partial charge in [0.2, 0.25) is 10.0 Å². The number of rotatable bonds is 9. The fraction of sp³-hybridized carbons (Fsp3) is 0.409. The first-order valence-electron chi connectivity index (χ1n) is 9.93. The third-order valence-electron chi connectivity index (χ3n) is 4.10. The molecule has 0 bridgehead atoms. The first-order chi connectivity index (χ1) is 13.8. The molecule has 0 atom stereocenters. The number of halogens is 1. The van der Waals surface area contributed by atoms with Crippen LogP contribution in [0.5, 0.6) is 0 Å². The molecular weight excluding hydrogens is 511 g/mol. The normalized spacial score (nSPS) is 11.8. The first-order valence-corrected chi connectivity index (χ1v) is 11.6. The van der Waals surface area contributed by atoms with Crippen LogP contribution in [0.25, 0.3) is 0 Å². The lowest BCUT2D eigenvalue weighted by molar-refractivity contribution is 0.569. The van der Waals surface area contributed by atoms with Crippen LogP contribution < -0.4 is 15.4 Å². The van der Waals surface area contributed by atoms with Crippen molar-refractivity contribution < 1.29 is 8.42 Å². The number of nitrogens with one attached hydrogen (secondary N) is 3. The molecule has 0 unspecified atom stereocenters. The molecule has 0 fully saturated rings. The molecule has 0 aliphatic rings. The average Bonchev–Trinajstić information content (AvgIpc) is 2.64. The molecule has 2 aromatic carbocycles. The highest BCUT2D eigenvalue weighted by atomic mass is 127. The van der Waals surface area contributed by atoms with Crippen molar-refractivity contribution in [2.75, 3.05) is 6.54 Å². The summed E-state index contributed by atoms with van der Waals surface area (Å²) in [5.74, 6) is 0.737. The Hall–Kier alpha value is -1.65. The van der Waals surface area contributed by atoms with E-state index in [1.54, 1.807) is 0 Å². The van der Waals surface area contributed by atoms with E-state index in [1.165, 1.54) is 11.1 Å². The summed E-state index contributed by atoms with van der Waals surface area (Å²) in [5, 5.41) is 6.57. The van der Waals surface area contributed by atoms with Crippen molar-refractivity contribution in [3.05, 3.63) is 70.8 Å². The van der Waals surface area contributed by atoms with E-state index in [-0.39, 0.29) is 35.8 Å². The van der Waals surface area contributed by atoms with E-state index in [0.29, 0.717) is 13.1 Å². The Balaban J connectivity index is 0.00000450. The Bertz CT molecular complexity index is 913. The molecule has 30 heavy (non-hydrogen) atoms. The molecule has 0 amide bonds. The van der Waals surface area contributed by atoms with Crippen molar-refractivity contribution in [1.82, 2.24) is 15.4 Å². The van der Waals surface area contributed by atoms with Crippen molar-refractivity contribution in [2.45, 2.75) is 52.6 Å². The number of guanidine groups is 1. The van der Waals surface area contributed by atoms with Crippen molar-refractivity contribution in [3.8, 4) is 0 Å². The largest absolute Gasteiger partial charge is 0.357 e. The van der Waals surface area contributed by atoms with E-state index in [0.717, 1.165) is 23.6 Å². The molecule has 0 heterocycles. The van der Waals surface area contributed by atoms with Crippen LogP contribution in [0.4, 0.5) is 0 Å². The van der Waals surface area contributed by atoms with Crippen molar-refractivity contribution in [2.24, 2.45) is 4.99 Å². The van der Waals surface area contributed by atoms with Crippen LogP contribution in [0.15, 0.2) is 53.5 Å². The van der Waals surface area contributed by atoms with Crippen LogP contribution in [0.3, 0.4) is 0 Å². The predicted octanol–water partition coefficient (Wildman–Crippen LogP) is 3.70. The maximum atomic E-state index is 12.0. The molecule has 2 rings (SSSR count). The zero-order valence-electron chi connectivity index (χ0n) is 18.1. The highest BCUT2D eigenvalue weighted by Gasteiger charge is 2.12. The molecule has 0 aliphatic heterocycles. The minimum absolute atomic E-state index is 0. The van der Waals surface area contributed by atoms with E-state index >= 15 is 0 Å². The number of hydrogen-bond acceptors (Lipinski definition) is 3. The van der Waals surface area contributed by atoms with Gasteiger partial charge in [-0.05, 0) is 44.4 Å². The van der Waals surface area contributed by atoms with Gasteiger partial charge in [0.25, 0.3) is 0 Å². The monoisotopic (exact) mass is 544 g/mol. The van der Waals surface area contributed by atoms with Gasteiger partial charge in [0.15, 0.2) is 5.96 Å². The molecule has 3 N–H and O–H groups in total. The second-order valence-electron chi connectivity index (χ2n) is 7.39.